The highest BCUT2D eigenvalue weighted by Crippen LogP contribution is 2.43. The van der Waals surface area contributed by atoms with E-state index < -0.39 is 5.60 Å². The van der Waals surface area contributed by atoms with E-state index in [4.69, 9.17) is 16.3 Å². The lowest BCUT2D eigenvalue weighted by atomic mass is 9.80. The monoisotopic (exact) mass is 336 g/mol. The minimum atomic E-state index is -1.09. The highest BCUT2D eigenvalue weighted by Gasteiger charge is 2.41. The van der Waals surface area contributed by atoms with Gasteiger partial charge in [-0.05, 0) is 6.07 Å². The summed E-state index contributed by atoms with van der Waals surface area (Å²) in [5, 5.41) is 0.548. The fourth-order valence-electron chi connectivity index (χ4n) is 2.96. The number of ether oxygens (including phenoxy) is 1. The van der Waals surface area contributed by atoms with Crippen molar-refractivity contribution in [3.8, 4) is 0 Å². The summed E-state index contributed by atoms with van der Waals surface area (Å²) in [6.07, 6.45) is 0. The van der Waals surface area contributed by atoms with Crippen LogP contribution in [0, 0.1) is 0 Å². The maximum atomic E-state index is 12.0. The number of hydrogen-bond donors (Lipinski definition) is 0. The average molecular weight is 337 g/mol. The summed E-state index contributed by atoms with van der Waals surface area (Å²) < 4.78 is 5.95. The molecular formula is C21H17ClO2. The third kappa shape index (κ3) is 2.93. The topological polar surface area (TPSA) is 26.3 Å². The number of benzene rings is 3. The molecule has 0 saturated carbocycles. The van der Waals surface area contributed by atoms with Gasteiger partial charge in [-0.1, -0.05) is 90.5 Å². The van der Waals surface area contributed by atoms with Gasteiger partial charge in [-0.2, -0.15) is 0 Å². The minimum absolute atomic E-state index is 0.373. The zero-order chi connectivity index (χ0) is 17.0. The normalized spacial score (nSPS) is 11.1. The summed E-state index contributed by atoms with van der Waals surface area (Å²) >= 11 is 6.50. The van der Waals surface area contributed by atoms with Gasteiger partial charge in [-0.25, -0.2) is 0 Å². The minimum Gasteiger partial charge on any atom is -0.444 e. The van der Waals surface area contributed by atoms with Gasteiger partial charge in [0.05, 0.1) is 0 Å². The smallest absolute Gasteiger partial charge is 0.304 e. The second-order valence-electron chi connectivity index (χ2n) is 5.49. The van der Waals surface area contributed by atoms with Crippen LogP contribution in [0.3, 0.4) is 0 Å². The van der Waals surface area contributed by atoms with E-state index in [2.05, 4.69) is 0 Å². The zero-order valence-corrected chi connectivity index (χ0v) is 14.0. The number of esters is 1. The molecule has 3 heteroatoms. The van der Waals surface area contributed by atoms with E-state index in [0.29, 0.717) is 5.02 Å². The van der Waals surface area contributed by atoms with Crippen LogP contribution in [0.15, 0.2) is 84.9 Å². The molecule has 0 atom stereocenters. The molecule has 0 radical (unpaired) electrons. The molecule has 0 aromatic heterocycles. The molecule has 3 aromatic rings. The second kappa shape index (κ2) is 6.90. The Morgan fingerprint density at radius 3 is 1.71 bits per heavy atom. The van der Waals surface area contributed by atoms with Crippen LogP contribution < -0.4 is 0 Å². The van der Waals surface area contributed by atoms with Gasteiger partial charge in [0.25, 0.3) is 0 Å². The van der Waals surface area contributed by atoms with Crippen molar-refractivity contribution in [3.63, 3.8) is 0 Å². The molecule has 0 heterocycles. The van der Waals surface area contributed by atoms with E-state index in [1.54, 1.807) is 6.07 Å². The van der Waals surface area contributed by atoms with Crippen LogP contribution >= 0.6 is 11.6 Å². The third-order valence-corrected chi connectivity index (χ3v) is 4.24. The van der Waals surface area contributed by atoms with Crippen molar-refractivity contribution >= 4 is 17.6 Å². The molecular weight excluding hydrogens is 320 g/mol. The van der Waals surface area contributed by atoms with Crippen LogP contribution in [0.2, 0.25) is 5.02 Å². The number of hydrogen-bond acceptors (Lipinski definition) is 2. The Morgan fingerprint density at radius 2 is 1.25 bits per heavy atom. The zero-order valence-electron chi connectivity index (χ0n) is 13.3. The van der Waals surface area contributed by atoms with E-state index in [9.17, 15) is 4.79 Å². The van der Waals surface area contributed by atoms with E-state index in [1.807, 2.05) is 78.9 Å². The van der Waals surface area contributed by atoms with Crippen LogP contribution in [0.4, 0.5) is 0 Å². The van der Waals surface area contributed by atoms with Crippen molar-refractivity contribution in [1.82, 2.24) is 0 Å². The Balaban J connectivity index is 2.38. The Labute approximate surface area is 146 Å². The summed E-state index contributed by atoms with van der Waals surface area (Å²) in [7, 11) is 0. The lowest BCUT2D eigenvalue weighted by molar-refractivity contribution is -0.150. The first-order valence-corrected chi connectivity index (χ1v) is 8.08. The molecule has 0 bridgehead atoms. The van der Waals surface area contributed by atoms with Gasteiger partial charge in [-0.3, -0.25) is 4.79 Å². The lowest BCUT2D eigenvalue weighted by Gasteiger charge is -2.35. The van der Waals surface area contributed by atoms with Crippen molar-refractivity contribution in [1.29, 1.82) is 0 Å². The fraction of sp³-hybridized carbons (Fsp3) is 0.0952. The van der Waals surface area contributed by atoms with Crippen molar-refractivity contribution in [2.45, 2.75) is 12.5 Å². The molecule has 3 aromatic carbocycles. The molecule has 3 rings (SSSR count). The fourth-order valence-corrected chi connectivity index (χ4v) is 3.23. The molecule has 0 N–H and O–H groups in total. The van der Waals surface area contributed by atoms with Gasteiger partial charge >= 0.3 is 5.97 Å². The first-order chi connectivity index (χ1) is 11.6. The highest BCUT2D eigenvalue weighted by atomic mass is 35.5. The molecule has 0 aliphatic carbocycles. The molecule has 0 amide bonds. The molecule has 24 heavy (non-hydrogen) atoms. The van der Waals surface area contributed by atoms with Crippen LogP contribution in [0.5, 0.6) is 0 Å². The quantitative estimate of drug-likeness (QED) is 0.484. The van der Waals surface area contributed by atoms with Gasteiger partial charge in [0.1, 0.15) is 0 Å². The van der Waals surface area contributed by atoms with E-state index in [0.717, 1.165) is 16.7 Å². The third-order valence-electron chi connectivity index (χ3n) is 3.91. The van der Waals surface area contributed by atoms with Crippen LogP contribution in [-0.4, -0.2) is 5.97 Å². The Morgan fingerprint density at radius 1 is 0.792 bits per heavy atom. The first kappa shape index (κ1) is 16.3. The molecule has 0 unspecified atom stereocenters. The van der Waals surface area contributed by atoms with Crippen molar-refractivity contribution in [2.24, 2.45) is 0 Å². The molecule has 0 aliphatic rings. The van der Waals surface area contributed by atoms with E-state index in [1.165, 1.54) is 6.92 Å². The summed E-state index contributed by atoms with van der Waals surface area (Å²) in [5.74, 6) is -0.373. The molecule has 0 saturated heterocycles. The van der Waals surface area contributed by atoms with Crippen LogP contribution in [-0.2, 0) is 15.1 Å². The maximum Gasteiger partial charge on any atom is 0.304 e. The van der Waals surface area contributed by atoms with Crippen molar-refractivity contribution in [3.05, 3.63) is 107 Å². The summed E-state index contributed by atoms with van der Waals surface area (Å²) in [4.78, 5) is 12.0. The Bertz CT molecular complexity index is 789. The Kier molecular flexibility index (Phi) is 4.68. The Hall–Kier alpha value is -2.58. The second-order valence-corrected chi connectivity index (χ2v) is 5.89. The van der Waals surface area contributed by atoms with Gasteiger partial charge < -0.3 is 4.74 Å². The predicted octanol–water partition coefficient (Wildman–Crippen LogP) is 5.20. The molecule has 120 valence electrons. The van der Waals surface area contributed by atoms with Gasteiger partial charge in [0, 0.05) is 28.6 Å². The largest absolute Gasteiger partial charge is 0.444 e. The van der Waals surface area contributed by atoms with Crippen molar-refractivity contribution < 1.29 is 9.53 Å². The van der Waals surface area contributed by atoms with Gasteiger partial charge in [0.2, 0.25) is 0 Å². The van der Waals surface area contributed by atoms with Gasteiger partial charge in [0.15, 0.2) is 5.60 Å². The highest BCUT2D eigenvalue weighted by molar-refractivity contribution is 6.31. The molecule has 2 nitrogen and oxygen atoms in total. The molecule has 0 fully saturated rings. The average Bonchev–Trinajstić information content (AvgIpc) is 2.62. The molecule has 0 spiro atoms. The SMILES string of the molecule is CC(=O)OC(c1ccccc1)(c1ccccc1)c1ccccc1Cl. The van der Waals surface area contributed by atoms with E-state index in [-0.39, 0.29) is 5.97 Å². The summed E-state index contributed by atoms with van der Waals surface area (Å²) in [6.45, 7) is 1.41. The standard InChI is InChI=1S/C21H17ClO2/c1-16(23)24-21(17-10-4-2-5-11-17,18-12-6-3-7-13-18)19-14-8-9-15-20(19)22/h2-15H,1H3. The number of halogens is 1. The summed E-state index contributed by atoms with van der Waals surface area (Å²) in [5.41, 5.74) is 1.34. The summed E-state index contributed by atoms with van der Waals surface area (Å²) in [6, 6.07) is 26.8. The number of carbonyl (C=O) groups is 1. The van der Waals surface area contributed by atoms with Crippen LogP contribution in [0.1, 0.15) is 23.6 Å². The lowest BCUT2D eigenvalue weighted by Crippen LogP contribution is -2.35. The number of carbonyl (C=O) groups excluding carboxylic acids is 1. The van der Waals surface area contributed by atoms with Gasteiger partial charge in [-0.15, -0.1) is 0 Å². The number of rotatable bonds is 4. The van der Waals surface area contributed by atoms with Crippen LogP contribution in [0.25, 0.3) is 0 Å². The van der Waals surface area contributed by atoms with E-state index >= 15 is 0 Å². The first-order valence-electron chi connectivity index (χ1n) is 7.70. The predicted molar refractivity (Wildman–Crippen MR) is 96.0 cm³/mol. The maximum absolute atomic E-state index is 12.0. The molecule has 0 aliphatic heterocycles. The van der Waals surface area contributed by atoms with Crippen molar-refractivity contribution in [2.75, 3.05) is 0 Å².